The minimum absolute atomic E-state index is 0.182. The number of carboxylic acid groups (broad SMARTS) is 2. The first-order valence-corrected chi connectivity index (χ1v) is 11.1. The predicted molar refractivity (Wildman–Crippen MR) is 121 cm³/mol. The maximum Gasteiger partial charge on any atom is 0.326 e. The number of nitrogens with one attached hydrogen (secondary N) is 3. The third-order valence-electron chi connectivity index (χ3n) is 5.11. The highest BCUT2D eigenvalue weighted by Crippen LogP contribution is 2.08. The summed E-state index contributed by atoms with van der Waals surface area (Å²) >= 11 is 0. The smallest absolute Gasteiger partial charge is 0.326 e. The Kier molecular flexibility index (Phi) is 13.9. The van der Waals surface area contributed by atoms with E-state index >= 15 is 0 Å². The zero-order valence-electron chi connectivity index (χ0n) is 19.8. The monoisotopic (exact) mass is 473 g/mol. The van der Waals surface area contributed by atoms with Crippen LogP contribution in [0.5, 0.6) is 0 Å². The molecule has 0 fully saturated rings. The van der Waals surface area contributed by atoms with Crippen LogP contribution >= 0.6 is 0 Å². The van der Waals surface area contributed by atoms with Gasteiger partial charge < -0.3 is 37.6 Å². The molecule has 0 aliphatic carbocycles. The highest BCUT2D eigenvalue weighted by atomic mass is 16.4. The van der Waals surface area contributed by atoms with E-state index in [4.69, 9.17) is 16.6 Å². The number of amides is 3. The fraction of sp³-hybridized carbons (Fsp3) is 0.762. The second-order valence-electron chi connectivity index (χ2n) is 8.68. The number of unbranched alkanes of at least 4 members (excludes halogenated alkanes) is 1. The number of carboxylic acids is 2. The second kappa shape index (κ2) is 15.2. The molecule has 3 amide bonds. The molecule has 0 heterocycles. The molecule has 12 nitrogen and oxygen atoms in total. The van der Waals surface area contributed by atoms with Gasteiger partial charge in [0.1, 0.15) is 18.1 Å². The van der Waals surface area contributed by atoms with Gasteiger partial charge in [-0.2, -0.15) is 0 Å². The van der Waals surface area contributed by atoms with E-state index in [1.165, 1.54) is 0 Å². The summed E-state index contributed by atoms with van der Waals surface area (Å²) in [5, 5.41) is 25.8. The normalized spacial score (nSPS) is 14.8. The van der Waals surface area contributed by atoms with Crippen molar-refractivity contribution in [3.05, 3.63) is 0 Å². The topological polar surface area (TPSA) is 214 Å². The van der Waals surface area contributed by atoms with Gasteiger partial charge >= 0.3 is 11.9 Å². The lowest BCUT2D eigenvalue weighted by Gasteiger charge is -2.27. The van der Waals surface area contributed by atoms with Gasteiger partial charge in [0.2, 0.25) is 17.7 Å². The first kappa shape index (κ1) is 30.3. The SMILES string of the molecule is CC(C)C(N)C(=O)NC(CCC(=O)O)C(=O)NC(C(=O)NC(CCCCN)C(=O)O)C(C)C. The Morgan fingerprint density at radius 3 is 1.79 bits per heavy atom. The molecule has 0 saturated heterocycles. The lowest BCUT2D eigenvalue weighted by molar-refractivity contribution is -0.142. The molecule has 0 saturated carbocycles. The molecule has 0 rings (SSSR count). The van der Waals surface area contributed by atoms with Crippen molar-refractivity contribution in [2.45, 2.75) is 84.0 Å². The lowest BCUT2D eigenvalue weighted by Crippen LogP contribution is -2.58. The van der Waals surface area contributed by atoms with Crippen molar-refractivity contribution in [2.75, 3.05) is 6.54 Å². The van der Waals surface area contributed by atoms with E-state index in [9.17, 15) is 29.1 Å². The first-order chi connectivity index (χ1) is 15.3. The number of aliphatic carboxylic acids is 2. The summed E-state index contributed by atoms with van der Waals surface area (Å²) in [5.41, 5.74) is 11.2. The molecule has 33 heavy (non-hydrogen) atoms. The van der Waals surface area contributed by atoms with E-state index in [1.54, 1.807) is 27.7 Å². The molecular formula is C21H39N5O7. The van der Waals surface area contributed by atoms with E-state index in [0.717, 1.165) is 0 Å². The van der Waals surface area contributed by atoms with Crippen molar-refractivity contribution in [2.24, 2.45) is 23.3 Å². The van der Waals surface area contributed by atoms with Crippen LogP contribution in [0.1, 0.15) is 59.8 Å². The lowest BCUT2D eigenvalue weighted by atomic mass is 10.0. The van der Waals surface area contributed by atoms with Crippen LogP contribution in [0.3, 0.4) is 0 Å². The van der Waals surface area contributed by atoms with Gasteiger partial charge in [0.25, 0.3) is 0 Å². The number of rotatable bonds is 16. The van der Waals surface area contributed by atoms with Gasteiger partial charge in [-0.3, -0.25) is 19.2 Å². The molecule has 4 atom stereocenters. The van der Waals surface area contributed by atoms with Gasteiger partial charge in [-0.1, -0.05) is 27.7 Å². The number of carbonyl (C=O) groups is 5. The summed E-state index contributed by atoms with van der Waals surface area (Å²) < 4.78 is 0. The molecule has 0 spiro atoms. The van der Waals surface area contributed by atoms with E-state index < -0.39 is 66.2 Å². The van der Waals surface area contributed by atoms with Crippen LogP contribution < -0.4 is 27.4 Å². The number of carbonyl (C=O) groups excluding carboxylic acids is 3. The Hall–Kier alpha value is -2.73. The van der Waals surface area contributed by atoms with Gasteiger partial charge in [-0.25, -0.2) is 4.79 Å². The Morgan fingerprint density at radius 1 is 0.758 bits per heavy atom. The summed E-state index contributed by atoms with van der Waals surface area (Å²) in [6.45, 7) is 7.17. The second-order valence-corrected chi connectivity index (χ2v) is 8.68. The zero-order chi connectivity index (χ0) is 25.7. The summed E-state index contributed by atoms with van der Waals surface area (Å²) in [4.78, 5) is 60.4. The van der Waals surface area contributed by atoms with Crippen LogP contribution in [0.15, 0.2) is 0 Å². The summed E-state index contributed by atoms with van der Waals surface area (Å²) in [6.07, 6.45) is 0.692. The fourth-order valence-electron chi connectivity index (χ4n) is 2.91. The van der Waals surface area contributed by atoms with Crippen LogP contribution in [-0.4, -0.2) is 70.6 Å². The van der Waals surface area contributed by atoms with E-state index in [1.807, 2.05) is 0 Å². The molecule has 12 heteroatoms. The highest BCUT2D eigenvalue weighted by Gasteiger charge is 2.32. The summed E-state index contributed by atoms with van der Waals surface area (Å²) in [6, 6.07) is -4.38. The summed E-state index contributed by atoms with van der Waals surface area (Å²) in [5.74, 6) is -5.06. The Bertz CT molecular complexity index is 684. The largest absolute Gasteiger partial charge is 0.481 e. The standard InChI is InChI=1S/C21H39N5O7/c1-11(2)16(23)19(30)24-13(8-9-15(27)28)18(29)26-17(12(3)4)20(31)25-14(21(32)33)7-5-6-10-22/h11-14,16-17H,5-10,22-23H2,1-4H3,(H,24,30)(H,25,31)(H,26,29)(H,27,28)(H,32,33). The van der Waals surface area contributed by atoms with Gasteiger partial charge in [-0.05, 0) is 44.1 Å². The molecule has 0 bridgehead atoms. The molecule has 0 aromatic rings. The van der Waals surface area contributed by atoms with Crippen LogP contribution in [0.25, 0.3) is 0 Å². The molecular weight excluding hydrogens is 434 g/mol. The van der Waals surface area contributed by atoms with Crippen LogP contribution in [0.2, 0.25) is 0 Å². The summed E-state index contributed by atoms with van der Waals surface area (Å²) in [7, 11) is 0. The third-order valence-corrected chi connectivity index (χ3v) is 5.11. The van der Waals surface area contributed by atoms with E-state index in [-0.39, 0.29) is 18.8 Å². The van der Waals surface area contributed by atoms with Crippen LogP contribution in [0.4, 0.5) is 0 Å². The van der Waals surface area contributed by atoms with Crippen molar-refractivity contribution in [3.63, 3.8) is 0 Å². The number of hydrogen-bond donors (Lipinski definition) is 7. The molecule has 0 radical (unpaired) electrons. The zero-order valence-corrected chi connectivity index (χ0v) is 19.8. The van der Waals surface area contributed by atoms with E-state index in [0.29, 0.717) is 19.4 Å². The fourth-order valence-corrected chi connectivity index (χ4v) is 2.91. The van der Waals surface area contributed by atoms with Gasteiger partial charge in [-0.15, -0.1) is 0 Å². The van der Waals surface area contributed by atoms with Crippen molar-refractivity contribution in [3.8, 4) is 0 Å². The molecule has 0 aliphatic rings. The van der Waals surface area contributed by atoms with Crippen molar-refractivity contribution in [1.29, 1.82) is 0 Å². The van der Waals surface area contributed by atoms with Crippen LogP contribution in [-0.2, 0) is 24.0 Å². The van der Waals surface area contributed by atoms with Gasteiger partial charge in [0.05, 0.1) is 6.04 Å². The quantitative estimate of drug-likeness (QED) is 0.139. The van der Waals surface area contributed by atoms with Crippen molar-refractivity contribution >= 4 is 29.7 Å². The highest BCUT2D eigenvalue weighted by molar-refractivity contribution is 5.94. The maximum atomic E-state index is 12.9. The molecule has 4 unspecified atom stereocenters. The number of nitrogens with two attached hydrogens (primary N) is 2. The average molecular weight is 474 g/mol. The molecule has 0 aromatic heterocycles. The predicted octanol–water partition coefficient (Wildman–Crippen LogP) is -0.841. The molecule has 9 N–H and O–H groups in total. The first-order valence-electron chi connectivity index (χ1n) is 11.1. The van der Waals surface area contributed by atoms with Crippen molar-refractivity contribution in [1.82, 2.24) is 16.0 Å². The molecule has 0 aliphatic heterocycles. The van der Waals surface area contributed by atoms with Gasteiger partial charge in [0.15, 0.2) is 0 Å². The van der Waals surface area contributed by atoms with Gasteiger partial charge in [0, 0.05) is 6.42 Å². The third kappa shape index (κ3) is 11.6. The average Bonchev–Trinajstić information content (AvgIpc) is 2.72. The minimum Gasteiger partial charge on any atom is -0.481 e. The number of hydrogen-bond acceptors (Lipinski definition) is 7. The van der Waals surface area contributed by atoms with E-state index in [2.05, 4.69) is 16.0 Å². The Morgan fingerprint density at radius 2 is 1.33 bits per heavy atom. The Labute approximate surface area is 194 Å². The minimum atomic E-state index is -1.23. The van der Waals surface area contributed by atoms with Crippen LogP contribution in [0, 0.1) is 11.8 Å². The maximum absolute atomic E-state index is 12.9. The Balaban J connectivity index is 5.43. The molecule has 190 valence electrons. The molecule has 0 aromatic carbocycles. The van der Waals surface area contributed by atoms with Crippen molar-refractivity contribution < 1.29 is 34.2 Å².